The Hall–Kier alpha value is -3.35. The topological polar surface area (TPSA) is 105 Å². The number of nitrogens with zero attached hydrogens (tertiary/aromatic N) is 5. The molecule has 3 fully saturated rings. The summed E-state index contributed by atoms with van der Waals surface area (Å²) in [6.07, 6.45) is 5.64. The zero-order valence-corrected chi connectivity index (χ0v) is 23.1. The second-order valence-corrected chi connectivity index (χ2v) is 12.6. The van der Waals surface area contributed by atoms with Gasteiger partial charge in [-0.2, -0.15) is 15.2 Å². The molecule has 4 aromatic heterocycles. The summed E-state index contributed by atoms with van der Waals surface area (Å²) < 4.78 is 37.4. The standard InChI is InChI=1S/C27H24ClF2N7O2S/c1-36-21-18-23(38)32-25(39-12-26-3-2-6-37(26)11-13(8-26)9-29)33-24(18)40-22(21)20(35-36)17-14-10-31-34-16(14)7-15(28)19(17)27(30)4-5-27/h7,9-10H,2-6,8,11-12H2,1H3,(H,31,34)(H,32,33,38)/b13-9-/t26-/m0/s1. The predicted octanol–water partition coefficient (Wildman–Crippen LogP) is 5.50. The van der Waals surface area contributed by atoms with Crippen LogP contribution in [0.4, 0.5) is 8.78 Å². The van der Waals surface area contributed by atoms with Gasteiger partial charge in [-0.15, -0.1) is 11.3 Å². The van der Waals surface area contributed by atoms with Crippen LogP contribution in [0.1, 0.15) is 37.7 Å². The maximum Gasteiger partial charge on any atom is 0.297 e. The quantitative estimate of drug-likeness (QED) is 0.283. The molecule has 0 spiro atoms. The number of halogens is 3. The molecule has 5 aromatic rings. The lowest BCUT2D eigenvalue weighted by atomic mass is 9.94. The molecule has 1 aromatic carbocycles. The first-order valence-electron chi connectivity index (χ1n) is 13.2. The number of rotatable bonds is 5. The number of hydrogen-bond acceptors (Lipinski definition) is 7. The summed E-state index contributed by atoms with van der Waals surface area (Å²) in [6, 6.07) is 1.82. The van der Waals surface area contributed by atoms with E-state index in [1.165, 1.54) is 11.3 Å². The van der Waals surface area contributed by atoms with Gasteiger partial charge in [0.05, 0.1) is 33.8 Å². The highest BCUT2D eigenvalue weighted by molar-refractivity contribution is 7.25. The molecular weight excluding hydrogens is 560 g/mol. The molecule has 1 saturated carbocycles. The van der Waals surface area contributed by atoms with Gasteiger partial charge in [-0.05, 0) is 50.3 Å². The molecule has 40 heavy (non-hydrogen) atoms. The Labute approximate surface area is 234 Å². The second-order valence-electron chi connectivity index (χ2n) is 11.2. The van der Waals surface area contributed by atoms with Crippen LogP contribution in [0.25, 0.3) is 42.6 Å². The smallest absolute Gasteiger partial charge is 0.297 e. The molecule has 9 nitrogen and oxygen atoms in total. The van der Waals surface area contributed by atoms with Gasteiger partial charge in [0.25, 0.3) is 11.6 Å². The lowest BCUT2D eigenvalue weighted by molar-refractivity contribution is 0.107. The van der Waals surface area contributed by atoms with Crippen LogP contribution in [0.3, 0.4) is 0 Å². The summed E-state index contributed by atoms with van der Waals surface area (Å²) in [6.45, 7) is 1.80. The van der Waals surface area contributed by atoms with Gasteiger partial charge in [0, 0.05) is 35.1 Å². The molecule has 6 heterocycles. The summed E-state index contributed by atoms with van der Waals surface area (Å²) in [5.41, 5.74) is 1.41. The molecule has 206 valence electrons. The van der Waals surface area contributed by atoms with E-state index in [0.29, 0.717) is 91.9 Å². The summed E-state index contributed by atoms with van der Waals surface area (Å²) >= 11 is 7.95. The number of nitrogens with one attached hydrogen (secondary N) is 2. The number of aromatic nitrogens is 6. The average molecular weight is 584 g/mol. The Balaban J connectivity index is 1.25. The third-order valence-corrected chi connectivity index (χ3v) is 10.1. The van der Waals surface area contributed by atoms with Gasteiger partial charge in [0.2, 0.25) is 0 Å². The van der Waals surface area contributed by atoms with Crippen LogP contribution in [-0.2, 0) is 12.7 Å². The third-order valence-electron chi connectivity index (χ3n) is 8.70. The van der Waals surface area contributed by atoms with Crippen molar-refractivity contribution in [2.24, 2.45) is 7.05 Å². The first-order valence-corrected chi connectivity index (χ1v) is 14.4. The van der Waals surface area contributed by atoms with Crippen LogP contribution >= 0.6 is 22.9 Å². The fourth-order valence-electron chi connectivity index (χ4n) is 6.68. The van der Waals surface area contributed by atoms with E-state index in [9.17, 15) is 9.18 Å². The minimum absolute atomic E-state index is 0.124. The monoisotopic (exact) mass is 583 g/mol. The van der Waals surface area contributed by atoms with Gasteiger partial charge < -0.3 is 4.74 Å². The Bertz CT molecular complexity index is 1960. The number of thiophene rings is 1. The number of ether oxygens (including phenoxy) is 1. The van der Waals surface area contributed by atoms with Crippen molar-refractivity contribution in [1.82, 2.24) is 34.8 Å². The van der Waals surface area contributed by atoms with Crippen molar-refractivity contribution in [3.05, 3.63) is 45.1 Å². The summed E-state index contributed by atoms with van der Waals surface area (Å²) in [5, 5.41) is 13.3. The van der Waals surface area contributed by atoms with Crippen LogP contribution < -0.4 is 10.3 Å². The van der Waals surface area contributed by atoms with Crippen LogP contribution in [0.2, 0.25) is 5.02 Å². The van der Waals surface area contributed by atoms with Gasteiger partial charge in [-0.1, -0.05) is 11.6 Å². The van der Waals surface area contributed by atoms with E-state index in [1.54, 1.807) is 24.0 Å². The van der Waals surface area contributed by atoms with Gasteiger partial charge >= 0.3 is 0 Å². The van der Waals surface area contributed by atoms with E-state index in [-0.39, 0.29) is 17.1 Å². The zero-order valence-electron chi connectivity index (χ0n) is 21.5. The van der Waals surface area contributed by atoms with Crippen molar-refractivity contribution in [2.45, 2.75) is 43.3 Å². The Kier molecular flexibility index (Phi) is 5.10. The van der Waals surface area contributed by atoms with Gasteiger partial charge in [0.15, 0.2) is 0 Å². The summed E-state index contributed by atoms with van der Waals surface area (Å²) in [7, 11) is 1.75. The average Bonchev–Trinajstić information content (AvgIpc) is 3.42. The maximum atomic E-state index is 15.7. The van der Waals surface area contributed by atoms with Crippen LogP contribution in [0, 0.1) is 0 Å². The first kappa shape index (κ1) is 24.4. The second kappa shape index (κ2) is 8.34. The number of fused-ring (bicyclic) bond motifs is 5. The van der Waals surface area contributed by atoms with Crippen molar-refractivity contribution in [2.75, 3.05) is 19.7 Å². The van der Waals surface area contributed by atoms with Gasteiger partial charge in [-0.25, -0.2) is 8.78 Å². The van der Waals surface area contributed by atoms with Crippen molar-refractivity contribution in [1.29, 1.82) is 0 Å². The molecule has 13 heteroatoms. The largest absolute Gasteiger partial charge is 0.463 e. The third kappa shape index (κ3) is 3.39. The first-order chi connectivity index (χ1) is 19.3. The number of alkyl halides is 1. The van der Waals surface area contributed by atoms with Crippen molar-refractivity contribution in [3.63, 3.8) is 0 Å². The van der Waals surface area contributed by atoms with E-state index >= 15 is 4.39 Å². The van der Waals surface area contributed by atoms with Crippen molar-refractivity contribution >= 4 is 54.3 Å². The van der Waals surface area contributed by atoms with E-state index in [4.69, 9.17) is 21.4 Å². The SMILES string of the molecule is Cn1nc(-c2c(C3(F)CC3)c(Cl)cc3[nH]ncc23)c2sc3nc(OC[C@@]45CCCN4C/C(=C\F)C5)[nH]c(=O)c3c21. The van der Waals surface area contributed by atoms with E-state index in [2.05, 4.69) is 25.1 Å². The molecule has 2 N–H and O–H groups in total. The predicted molar refractivity (Wildman–Crippen MR) is 149 cm³/mol. The lowest BCUT2D eigenvalue weighted by Crippen LogP contribution is -2.43. The van der Waals surface area contributed by atoms with Crippen LogP contribution in [0.15, 0.2) is 29.0 Å². The van der Waals surface area contributed by atoms with Crippen molar-refractivity contribution < 1.29 is 13.5 Å². The zero-order chi connectivity index (χ0) is 27.4. The lowest BCUT2D eigenvalue weighted by Gasteiger charge is -2.30. The summed E-state index contributed by atoms with van der Waals surface area (Å²) in [4.78, 5) is 23.6. The fourth-order valence-corrected chi connectivity index (χ4v) is 8.23. The molecule has 2 aliphatic heterocycles. The highest BCUT2D eigenvalue weighted by Crippen LogP contribution is 2.57. The van der Waals surface area contributed by atoms with E-state index in [1.807, 2.05) is 0 Å². The number of aryl methyl sites for hydroxylation is 1. The van der Waals surface area contributed by atoms with Gasteiger partial charge in [-0.3, -0.25) is 24.5 Å². The maximum absolute atomic E-state index is 15.7. The molecule has 0 radical (unpaired) electrons. The molecule has 2 saturated heterocycles. The highest BCUT2D eigenvalue weighted by atomic mass is 35.5. The Morgan fingerprint density at radius 1 is 1.32 bits per heavy atom. The minimum Gasteiger partial charge on any atom is -0.463 e. The van der Waals surface area contributed by atoms with Crippen molar-refractivity contribution in [3.8, 4) is 17.3 Å². The highest BCUT2D eigenvalue weighted by Gasteiger charge is 2.49. The molecular formula is C27H24ClF2N7O2S. The van der Waals surface area contributed by atoms with Crippen LogP contribution in [0.5, 0.6) is 6.01 Å². The number of hydrogen-bond donors (Lipinski definition) is 2. The number of aromatic amines is 2. The van der Waals surface area contributed by atoms with E-state index in [0.717, 1.165) is 25.0 Å². The molecule has 3 aliphatic rings. The Morgan fingerprint density at radius 2 is 2.17 bits per heavy atom. The molecule has 0 unspecified atom stereocenters. The minimum atomic E-state index is -1.53. The molecule has 0 amide bonds. The molecule has 1 aliphatic carbocycles. The number of H-pyrrole nitrogens is 2. The molecule has 8 rings (SSSR count). The molecule has 1 atom stereocenters. The normalized spacial score (nSPS) is 23.2. The fraction of sp³-hybridized carbons (Fsp3) is 0.407. The molecule has 0 bridgehead atoms. The summed E-state index contributed by atoms with van der Waals surface area (Å²) in [5.74, 6) is 0. The number of benzene rings is 1. The Morgan fingerprint density at radius 3 is 2.98 bits per heavy atom. The van der Waals surface area contributed by atoms with Gasteiger partial charge in [0.1, 0.15) is 28.2 Å². The van der Waals surface area contributed by atoms with Crippen LogP contribution in [-0.4, -0.2) is 60.1 Å². The van der Waals surface area contributed by atoms with E-state index < -0.39 is 5.67 Å².